The van der Waals surface area contributed by atoms with Crippen LogP contribution in [0.4, 0.5) is 26.3 Å². The summed E-state index contributed by atoms with van der Waals surface area (Å²) in [6, 6.07) is 85.9. The van der Waals surface area contributed by atoms with Gasteiger partial charge in [0, 0.05) is 134 Å². The molecule has 0 saturated heterocycles. The van der Waals surface area contributed by atoms with Gasteiger partial charge in [0.2, 0.25) is 11.6 Å². The summed E-state index contributed by atoms with van der Waals surface area (Å²) in [5.41, 5.74) is 14.3. The minimum atomic E-state index is -4.41. The van der Waals surface area contributed by atoms with Crippen molar-refractivity contribution < 1.29 is 87.0 Å². The van der Waals surface area contributed by atoms with Crippen LogP contribution in [0.2, 0.25) is 0 Å². The molecule has 25 heteroatoms. The van der Waals surface area contributed by atoms with Crippen molar-refractivity contribution in [2.24, 2.45) is 14.1 Å². The molecule has 7 heterocycles. The Balaban J connectivity index is 0.000000191. The largest absolute Gasteiger partial charge is 0.400 e. The zero-order valence-corrected chi connectivity index (χ0v) is 62.9. The molecule has 107 heavy (non-hydrogen) atoms. The molecular weight excluding hydrogens is 1730 g/mol. The van der Waals surface area contributed by atoms with Gasteiger partial charge in [0.1, 0.15) is 17.3 Å². The molecule has 17 nitrogen and oxygen atoms in total. The molecule has 7 aromatic heterocycles. The molecule has 0 bridgehead atoms. The molecule has 16 aromatic rings. The van der Waals surface area contributed by atoms with Crippen molar-refractivity contribution in [3.05, 3.63) is 297 Å². The van der Waals surface area contributed by atoms with Crippen LogP contribution in [0.3, 0.4) is 0 Å². The van der Waals surface area contributed by atoms with Gasteiger partial charge >= 0.3 is 12.4 Å². The third-order valence-electron chi connectivity index (χ3n) is 15.7. The number of hydrogen-bond donors (Lipinski definition) is 4. The van der Waals surface area contributed by atoms with E-state index in [0.29, 0.717) is 17.1 Å². The molecule has 0 saturated carbocycles. The van der Waals surface area contributed by atoms with Gasteiger partial charge in [-0.05, 0) is 111 Å². The maximum absolute atomic E-state index is 12.5. The average molecular weight is 1800 g/mol. The zero-order chi connectivity index (χ0) is 74.9. The molecule has 548 valence electrons. The summed E-state index contributed by atoms with van der Waals surface area (Å²) in [4.78, 5) is 13.1. The Morgan fingerprint density at radius 3 is 1.15 bits per heavy atom. The number of fused-ring (bicyclic) bond motifs is 6. The number of para-hydroxylation sites is 1. The summed E-state index contributed by atoms with van der Waals surface area (Å²) in [6.45, 7) is 1.93. The molecule has 0 aliphatic rings. The number of aliphatic hydroxyl groups is 4. The van der Waals surface area contributed by atoms with Gasteiger partial charge < -0.3 is 34.5 Å². The van der Waals surface area contributed by atoms with Crippen LogP contribution in [0.15, 0.2) is 267 Å². The first-order chi connectivity index (χ1) is 51.1. The second-order valence-corrected chi connectivity index (χ2v) is 22.0. The number of pyridine rings is 3. The van der Waals surface area contributed by atoms with Crippen molar-refractivity contribution >= 4 is 43.6 Å². The topological polar surface area (TPSA) is 233 Å². The van der Waals surface area contributed by atoms with Crippen LogP contribution >= 0.6 is 0 Å². The molecular formula is C82H68F6Ir2N13O4-3. The van der Waals surface area contributed by atoms with E-state index in [1.54, 1.807) is 31.3 Å². The van der Waals surface area contributed by atoms with E-state index in [9.17, 15) is 26.3 Å². The van der Waals surface area contributed by atoms with E-state index in [1.165, 1.54) is 83.6 Å². The number of rotatable bonds is 8. The molecule has 9 aromatic carbocycles. The van der Waals surface area contributed by atoms with Gasteiger partial charge in [0.05, 0.1) is 11.2 Å². The third-order valence-corrected chi connectivity index (χ3v) is 15.7. The second kappa shape index (κ2) is 40.2. The van der Waals surface area contributed by atoms with E-state index in [1.807, 2.05) is 79.1 Å². The van der Waals surface area contributed by atoms with Gasteiger partial charge in [-0.15, -0.1) is 104 Å². The molecule has 0 amide bonds. The summed E-state index contributed by atoms with van der Waals surface area (Å²) in [5, 5.41) is 64.7. The third kappa shape index (κ3) is 20.6. The monoisotopic (exact) mass is 1800 g/mol. The second-order valence-electron chi connectivity index (χ2n) is 22.0. The Morgan fingerprint density at radius 2 is 0.738 bits per heavy atom. The summed E-state index contributed by atoms with van der Waals surface area (Å²) < 4.78 is 79.4. The smallest absolute Gasteiger partial charge is 0.381 e. The normalized spacial score (nSPS) is 10.5. The SMILES string of the molecule is CCO.CO.CO.CO.Cn1c2ccc(-c3ccccc3)cc2c2cc[c-]c(-c3ccccn3)c21.Cn1c2ccc(-c3ccccc3)cc2c2cccc(-c3ccccn3)c21.FC(F)(F)c1c[c-]c(-c2nnc(-c3ccccc3)nn2)cc1.FC(F)(F)c1c[c-]c(-c2nnc(-c3ccccn3)nn2)cc1.[Ir].[Ir]. The molecule has 4 N–H and O–H groups in total. The number of halogens is 6. The van der Waals surface area contributed by atoms with Gasteiger partial charge in [-0.3, -0.25) is 9.97 Å². The van der Waals surface area contributed by atoms with Crippen LogP contribution in [0.25, 0.3) is 134 Å². The maximum atomic E-state index is 12.5. The van der Waals surface area contributed by atoms with Crippen molar-refractivity contribution in [2.75, 3.05) is 27.9 Å². The van der Waals surface area contributed by atoms with Crippen molar-refractivity contribution in [1.29, 1.82) is 0 Å². The van der Waals surface area contributed by atoms with Crippen LogP contribution < -0.4 is 0 Å². The molecule has 2 radical (unpaired) electrons. The average Bonchev–Trinajstić information content (AvgIpc) is 1.60. The number of aromatic nitrogens is 13. The fourth-order valence-corrected chi connectivity index (χ4v) is 11.0. The standard InChI is InChI=1S/C24H18N2.C24H17N2.C15H8F3N4.C14H7F3N5.C2H6O.3CH4O.2Ir/c2*1-26-23-14-13-18(17-8-3-2-4-9-17)16-21(23)19-10-7-11-20(24(19)26)22-12-5-6-15-25-22;16-15(17,18)12-8-6-11(7-9-12)14-21-19-13(20-22-14)10-4-2-1-3-5-10;15-14(16,17)10-6-4-9(5-7-10)12-19-21-13(22-20-12)11-3-1-2-8-18-11;1-2-3;3*1-2;;/h2-16H,1H3;2-10,12-16H,1H3;1-6,8-9H;1-4,6-8H;3H,2H2,1H3;3*2H,1H3;;/q;3*-1;;;;;;. The number of benzene rings is 9. The fourth-order valence-electron chi connectivity index (χ4n) is 11.0. The first kappa shape index (κ1) is 82.9. The van der Waals surface area contributed by atoms with E-state index < -0.39 is 23.5 Å². The quantitative estimate of drug-likeness (QED) is 0.0818. The first-order valence-corrected chi connectivity index (χ1v) is 32.3. The predicted octanol–water partition coefficient (Wildman–Crippen LogP) is 17.0. The van der Waals surface area contributed by atoms with Crippen LogP contribution in [0, 0.1) is 18.2 Å². The minimum Gasteiger partial charge on any atom is -0.400 e. The molecule has 0 spiro atoms. The Labute approximate surface area is 639 Å². The summed E-state index contributed by atoms with van der Waals surface area (Å²) >= 11 is 0. The van der Waals surface area contributed by atoms with E-state index in [4.69, 9.17) is 20.4 Å². The maximum Gasteiger partial charge on any atom is 0.381 e. The minimum absolute atomic E-state index is 0. The zero-order valence-electron chi connectivity index (χ0n) is 58.1. The Hall–Kier alpha value is -11.4. The summed E-state index contributed by atoms with van der Waals surface area (Å²) in [7, 11) is 7.26. The Bertz CT molecular complexity index is 5010. The van der Waals surface area contributed by atoms with Gasteiger partial charge in [0.25, 0.3) is 0 Å². The Kier molecular flexibility index (Phi) is 31.2. The molecule has 16 rings (SSSR count). The first-order valence-electron chi connectivity index (χ1n) is 32.3. The number of nitrogens with zero attached hydrogens (tertiary/aromatic N) is 13. The molecule has 0 aliphatic heterocycles. The molecule has 0 unspecified atom stereocenters. The number of alkyl halides is 6. The molecule has 0 fully saturated rings. The van der Waals surface area contributed by atoms with Crippen molar-refractivity contribution in [3.63, 3.8) is 0 Å². The number of aryl methyl sites for hydroxylation is 2. The van der Waals surface area contributed by atoms with Gasteiger partial charge in [0.15, 0.2) is 0 Å². The van der Waals surface area contributed by atoms with Gasteiger partial charge in [-0.25, -0.2) is 0 Å². The van der Waals surface area contributed by atoms with E-state index >= 15 is 0 Å². The van der Waals surface area contributed by atoms with Crippen LogP contribution in [-0.4, -0.2) is 113 Å². The van der Waals surface area contributed by atoms with Crippen molar-refractivity contribution in [3.8, 4) is 90.5 Å². The summed E-state index contributed by atoms with van der Waals surface area (Å²) in [5.74, 6) is 0.786. The fraction of sp³-hybridized carbons (Fsp3) is 0.110. The van der Waals surface area contributed by atoms with Crippen LogP contribution in [0.1, 0.15) is 18.1 Å². The van der Waals surface area contributed by atoms with Gasteiger partial charge in [-0.2, -0.15) is 46.7 Å². The summed E-state index contributed by atoms with van der Waals surface area (Å²) in [6.07, 6.45) is -3.54. The molecule has 0 atom stereocenters. The van der Waals surface area contributed by atoms with Crippen molar-refractivity contribution in [2.45, 2.75) is 19.3 Å². The molecule has 0 aliphatic carbocycles. The van der Waals surface area contributed by atoms with E-state index in [2.05, 4.69) is 225 Å². The van der Waals surface area contributed by atoms with Crippen molar-refractivity contribution in [1.82, 2.24) is 64.9 Å². The number of aliphatic hydroxyl groups excluding tert-OH is 4. The Morgan fingerprint density at radius 1 is 0.355 bits per heavy atom. The van der Waals surface area contributed by atoms with Crippen LogP contribution in [0.5, 0.6) is 0 Å². The van der Waals surface area contributed by atoms with Crippen LogP contribution in [-0.2, 0) is 66.7 Å². The number of hydrogen-bond acceptors (Lipinski definition) is 15. The van der Waals surface area contributed by atoms with Gasteiger partial charge in [-0.1, -0.05) is 151 Å². The van der Waals surface area contributed by atoms with E-state index in [0.717, 1.165) is 68.1 Å². The predicted molar refractivity (Wildman–Crippen MR) is 397 cm³/mol. The van der Waals surface area contributed by atoms with E-state index in [-0.39, 0.29) is 69.9 Å².